The molecule has 5 nitrogen and oxygen atoms in total. The lowest BCUT2D eigenvalue weighted by Gasteiger charge is -2.20. The largest absolute Gasteiger partial charge is 0.364 e. The molecule has 0 spiro atoms. The first kappa shape index (κ1) is 17.4. The summed E-state index contributed by atoms with van der Waals surface area (Å²) in [5.41, 5.74) is 2.11. The lowest BCUT2D eigenvalue weighted by molar-refractivity contribution is 0.391. The number of rotatable bonds is 4. The van der Waals surface area contributed by atoms with Gasteiger partial charge in [0.25, 0.3) is 0 Å². The normalized spacial score (nSPS) is 11.1. The molecular formula is C12H16BrIN4OS. The minimum atomic E-state index is 0. The van der Waals surface area contributed by atoms with Crippen LogP contribution in [0.1, 0.15) is 11.3 Å². The van der Waals surface area contributed by atoms with Crippen LogP contribution in [-0.2, 0) is 13.1 Å². The van der Waals surface area contributed by atoms with Gasteiger partial charge in [0.2, 0.25) is 0 Å². The minimum absolute atomic E-state index is 0. The van der Waals surface area contributed by atoms with Crippen LogP contribution in [0.25, 0.3) is 0 Å². The molecule has 0 fully saturated rings. The third-order valence-corrected chi connectivity index (χ3v) is 4.09. The molecule has 20 heavy (non-hydrogen) atoms. The molecular weight excluding hydrogens is 455 g/mol. The Morgan fingerprint density at radius 1 is 1.60 bits per heavy atom. The van der Waals surface area contributed by atoms with Gasteiger partial charge in [-0.05, 0) is 32.9 Å². The molecule has 0 radical (unpaired) electrons. The standard InChI is InChI=1S/C12H15BrN4OS.HI/c1-14-12(15-6-9-5-11(13)19-8-9)17(2)7-10-3-4-18-16-10;/h3-5,8H,6-7H2,1-2H3,(H,14,15);1H. The highest BCUT2D eigenvalue weighted by Crippen LogP contribution is 2.20. The fourth-order valence-electron chi connectivity index (χ4n) is 1.64. The zero-order valence-corrected chi connectivity index (χ0v) is 15.9. The highest BCUT2D eigenvalue weighted by atomic mass is 127. The number of aromatic nitrogens is 1. The van der Waals surface area contributed by atoms with E-state index in [2.05, 4.69) is 42.8 Å². The van der Waals surface area contributed by atoms with Crippen molar-refractivity contribution in [3.05, 3.63) is 38.8 Å². The van der Waals surface area contributed by atoms with Gasteiger partial charge in [0.15, 0.2) is 5.96 Å². The van der Waals surface area contributed by atoms with E-state index in [1.165, 1.54) is 5.56 Å². The van der Waals surface area contributed by atoms with Crippen LogP contribution in [-0.4, -0.2) is 30.1 Å². The summed E-state index contributed by atoms with van der Waals surface area (Å²) >= 11 is 5.13. The molecule has 0 atom stereocenters. The van der Waals surface area contributed by atoms with E-state index in [4.69, 9.17) is 4.52 Å². The van der Waals surface area contributed by atoms with Crippen LogP contribution in [0.3, 0.4) is 0 Å². The van der Waals surface area contributed by atoms with Gasteiger partial charge in [0.05, 0.1) is 10.3 Å². The Kier molecular flexibility index (Phi) is 7.52. The second-order valence-corrected chi connectivity index (χ2v) is 6.30. The second kappa shape index (κ2) is 8.63. The molecule has 2 aromatic rings. The number of guanidine groups is 1. The van der Waals surface area contributed by atoms with Crippen molar-refractivity contribution in [3.63, 3.8) is 0 Å². The van der Waals surface area contributed by atoms with Crippen LogP contribution in [0.2, 0.25) is 0 Å². The molecule has 0 unspecified atom stereocenters. The first-order chi connectivity index (χ1) is 9.19. The van der Waals surface area contributed by atoms with Crippen LogP contribution in [0.4, 0.5) is 0 Å². The molecule has 2 heterocycles. The molecule has 2 rings (SSSR count). The van der Waals surface area contributed by atoms with E-state index in [0.29, 0.717) is 6.54 Å². The summed E-state index contributed by atoms with van der Waals surface area (Å²) in [5.74, 6) is 0.824. The van der Waals surface area contributed by atoms with Gasteiger partial charge in [-0.1, -0.05) is 5.16 Å². The maximum absolute atomic E-state index is 4.82. The molecule has 2 aromatic heterocycles. The summed E-state index contributed by atoms with van der Waals surface area (Å²) in [5, 5.41) is 9.32. The summed E-state index contributed by atoms with van der Waals surface area (Å²) in [6.45, 7) is 1.40. The van der Waals surface area contributed by atoms with Gasteiger partial charge in [-0.2, -0.15) is 0 Å². The van der Waals surface area contributed by atoms with Gasteiger partial charge in [-0.3, -0.25) is 4.99 Å². The van der Waals surface area contributed by atoms with Gasteiger partial charge in [-0.15, -0.1) is 35.3 Å². The van der Waals surface area contributed by atoms with Crippen molar-refractivity contribution < 1.29 is 4.52 Å². The summed E-state index contributed by atoms with van der Waals surface area (Å²) in [7, 11) is 3.73. The van der Waals surface area contributed by atoms with Crippen molar-refractivity contribution in [2.24, 2.45) is 4.99 Å². The van der Waals surface area contributed by atoms with E-state index in [0.717, 1.165) is 22.0 Å². The number of halogens is 2. The highest BCUT2D eigenvalue weighted by Gasteiger charge is 2.08. The van der Waals surface area contributed by atoms with E-state index in [9.17, 15) is 0 Å². The maximum atomic E-state index is 4.82. The SMILES string of the molecule is CN=C(NCc1csc(Br)c1)N(C)Cc1ccon1.I. The predicted molar refractivity (Wildman–Crippen MR) is 95.6 cm³/mol. The quantitative estimate of drug-likeness (QED) is 0.423. The van der Waals surface area contributed by atoms with E-state index in [1.54, 1.807) is 24.6 Å². The third-order valence-electron chi connectivity index (χ3n) is 2.54. The zero-order chi connectivity index (χ0) is 13.7. The predicted octanol–water partition coefficient (Wildman–Crippen LogP) is 3.32. The number of hydrogen-bond acceptors (Lipinski definition) is 4. The van der Waals surface area contributed by atoms with Crippen molar-refractivity contribution in [3.8, 4) is 0 Å². The molecule has 0 saturated heterocycles. The van der Waals surface area contributed by atoms with Crippen molar-refractivity contribution in [2.45, 2.75) is 13.1 Å². The fourth-order valence-corrected chi connectivity index (χ4v) is 2.85. The Bertz CT molecular complexity index is 543. The second-order valence-electron chi connectivity index (χ2n) is 4.01. The van der Waals surface area contributed by atoms with Crippen molar-refractivity contribution in [2.75, 3.05) is 14.1 Å². The molecule has 0 bridgehead atoms. The topological polar surface area (TPSA) is 53.7 Å². The molecule has 0 aromatic carbocycles. The third kappa shape index (κ3) is 5.06. The summed E-state index contributed by atoms with van der Waals surface area (Å²) < 4.78 is 5.95. The smallest absolute Gasteiger partial charge is 0.194 e. The van der Waals surface area contributed by atoms with Crippen LogP contribution >= 0.6 is 51.2 Å². The molecule has 8 heteroatoms. The van der Waals surface area contributed by atoms with Gasteiger partial charge < -0.3 is 14.7 Å². The number of nitrogens with one attached hydrogen (secondary N) is 1. The fraction of sp³-hybridized carbons (Fsp3) is 0.333. The monoisotopic (exact) mass is 470 g/mol. The number of aliphatic imine (C=N–C) groups is 1. The minimum Gasteiger partial charge on any atom is -0.364 e. The van der Waals surface area contributed by atoms with Crippen LogP contribution in [0, 0.1) is 0 Å². The summed E-state index contributed by atoms with van der Waals surface area (Å²) in [6.07, 6.45) is 1.57. The number of hydrogen-bond donors (Lipinski definition) is 1. The maximum Gasteiger partial charge on any atom is 0.194 e. The van der Waals surface area contributed by atoms with Crippen molar-refractivity contribution in [1.29, 1.82) is 0 Å². The Balaban J connectivity index is 0.00000200. The van der Waals surface area contributed by atoms with Crippen molar-refractivity contribution >= 4 is 57.2 Å². The summed E-state index contributed by atoms with van der Waals surface area (Å²) in [4.78, 5) is 6.25. The Hall–Kier alpha value is -0.610. The van der Waals surface area contributed by atoms with E-state index in [-0.39, 0.29) is 24.0 Å². The number of nitrogens with zero attached hydrogens (tertiary/aromatic N) is 3. The first-order valence-electron chi connectivity index (χ1n) is 5.73. The molecule has 0 aliphatic carbocycles. The average Bonchev–Trinajstić information content (AvgIpc) is 3.02. The van der Waals surface area contributed by atoms with Gasteiger partial charge >= 0.3 is 0 Å². The van der Waals surface area contributed by atoms with E-state index < -0.39 is 0 Å². The first-order valence-corrected chi connectivity index (χ1v) is 7.40. The number of thiophene rings is 1. The summed E-state index contributed by atoms with van der Waals surface area (Å²) in [6, 6.07) is 3.95. The zero-order valence-electron chi connectivity index (χ0n) is 11.2. The lowest BCUT2D eigenvalue weighted by Crippen LogP contribution is -2.38. The van der Waals surface area contributed by atoms with Gasteiger partial charge in [0.1, 0.15) is 12.0 Å². The van der Waals surface area contributed by atoms with Gasteiger partial charge in [0, 0.05) is 26.7 Å². The van der Waals surface area contributed by atoms with Gasteiger partial charge in [-0.25, -0.2) is 0 Å². The molecule has 0 amide bonds. The molecule has 0 saturated carbocycles. The van der Waals surface area contributed by atoms with E-state index >= 15 is 0 Å². The molecule has 110 valence electrons. The van der Waals surface area contributed by atoms with Crippen molar-refractivity contribution in [1.82, 2.24) is 15.4 Å². The molecule has 0 aliphatic heterocycles. The molecule has 1 N–H and O–H groups in total. The highest BCUT2D eigenvalue weighted by molar-refractivity contribution is 14.0. The Morgan fingerprint density at radius 3 is 2.95 bits per heavy atom. The van der Waals surface area contributed by atoms with E-state index in [1.807, 2.05) is 18.0 Å². The molecule has 0 aliphatic rings. The van der Waals surface area contributed by atoms with Crippen LogP contribution in [0.5, 0.6) is 0 Å². The Morgan fingerprint density at radius 2 is 2.40 bits per heavy atom. The Labute approximate surface area is 147 Å². The average molecular weight is 471 g/mol. The van der Waals surface area contributed by atoms with Crippen LogP contribution < -0.4 is 5.32 Å². The van der Waals surface area contributed by atoms with Crippen LogP contribution in [0.15, 0.2) is 37.1 Å². The lowest BCUT2D eigenvalue weighted by atomic mass is 10.3.